The Hall–Kier alpha value is -2.19. The number of hydrogen-bond acceptors (Lipinski definition) is 5. The van der Waals surface area contributed by atoms with Crippen molar-refractivity contribution in [1.82, 2.24) is 9.62 Å². The van der Waals surface area contributed by atoms with Crippen LogP contribution in [-0.4, -0.2) is 51.4 Å². The molecule has 7 nitrogen and oxygen atoms in total. The van der Waals surface area contributed by atoms with Gasteiger partial charge in [-0.05, 0) is 24.5 Å². The fourth-order valence-electron chi connectivity index (χ4n) is 2.72. The molecule has 0 aliphatic carbocycles. The number of nitrogens with one attached hydrogen (secondary N) is 1. The molecule has 1 aliphatic rings. The summed E-state index contributed by atoms with van der Waals surface area (Å²) in [6.45, 7) is 0.468. The summed E-state index contributed by atoms with van der Waals surface area (Å²) in [4.78, 5) is 25.6. The van der Waals surface area contributed by atoms with Crippen LogP contribution in [-0.2, 0) is 24.3 Å². The molecular formula is C19H26N2O5S. The molecule has 1 fully saturated rings. The summed E-state index contributed by atoms with van der Waals surface area (Å²) in [7, 11) is -3.77. The Morgan fingerprint density at radius 2 is 1.67 bits per heavy atom. The third kappa shape index (κ3) is 8.36. The van der Waals surface area contributed by atoms with E-state index < -0.39 is 22.5 Å². The quantitative estimate of drug-likeness (QED) is 0.713. The van der Waals surface area contributed by atoms with Crippen molar-refractivity contribution in [2.24, 2.45) is 0 Å². The van der Waals surface area contributed by atoms with E-state index in [0.717, 1.165) is 36.7 Å². The standard InChI is InChI=1S/C19H26N2O5S/c22-18(21-12-7-2-1-3-8-13-21)16-26-19(23)15-20-27(24,25)14-11-17-9-5-4-6-10-17/h4-6,9-11,14,20H,1-3,7-8,12-13,15-16H2/b14-11+. The summed E-state index contributed by atoms with van der Waals surface area (Å²) in [5, 5.41) is 0.987. The van der Waals surface area contributed by atoms with E-state index in [9.17, 15) is 18.0 Å². The molecule has 0 spiro atoms. The van der Waals surface area contributed by atoms with E-state index in [1.165, 1.54) is 12.5 Å². The lowest BCUT2D eigenvalue weighted by atomic mass is 10.1. The maximum Gasteiger partial charge on any atom is 0.321 e. The molecule has 2 rings (SSSR count). The number of carbonyl (C=O) groups is 2. The van der Waals surface area contributed by atoms with Gasteiger partial charge in [-0.2, -0.15) is 0 Å². The predicted octanol–water partition coefficient (Wildman–Crippen LogP) is 1.91. The van der Waals surface area contributed by atoms with Crippen LogP contribution in [0.25, 0.3) is 6.08 Å². The first-order valence-electron chi connectivity index (χ1n) is 9.12. The van der Waals surface area contributed by atoms with Gasteiger partial charge in [-0.3, -0.25) is 9.59 Å². The maximum absolute atomic E-state index is 12.1. The second kappa shape index (κ2) is 10.8. The molecule has 0 unspecified atom stereocenters. The molecule has 1 N–H and O–H groups in total. The van der Waals surface area contributed by atoms with Crippen molar-refractivity contribution in [2.45, 2.75) is 32.1 Å². The van der Waals surface area contributed by atoms with Gasteiger partial charge in [0.2, 0.25) is 10.0 Å². The highest BCUT2D eigenvalue weighted by Gasteiger charge is 2.17. The lowest BCUT2D eigenvalue weighted by molar-refractivity contribution is -0.151. The van der Waals surface area contributed by atoms with Gasteiger partial charge in [-0.25, -0.2) is 13.1 Å². The van der Waals surface area contributed by atoms with Crippen molar-refractivity contribution < 1.29 is 22.7 Å². The van der Waals surface area contributed by atoms with Crippen LogP contribution in [0.15, 0.2) is 35.7 Å². The number of carbonyl (C=O) groups excluding carboxylic acids is 2. The maximum atomic E-state index is 12.1. The number of amides is 1. The highest BCUT2D eigenvalue weighted by atomic mass is 32.2. The molecule has 1 amide bonds. The second-order valence-corrected chi connectivity index (χ2v) is 8.04. The minimum Gasteiger partial charge on any atom is -0.455 e. The molecule has 1 saturated heterocycles. The van der Waals surface area contributed by atoms with Gasteiger partial charge in [0.25, 0.3) is 5.91 Å². The average Bonchev–Trinajstić information content (AvgIpc) is 2.64. The molecule has 1 heterocycles. The van der Waals surface area contributed by atoms with E-state index in [2.05, 4.69) is 4.72 Å². The topological polar surface area (TPSA) is 92.8 Å². The third-order valence-corrected chi connectivity index (χ3v) is 5.26. The van der Waals surface area contributed by atoms with Crippen LogP contribution in [0.4, 0.5) is 0 Å². The zero-order chi connectivity index (χ0) is 19.5. The highest BCUT2D eigenvalue weighted by Crippen LogP contribution is 2.10. The van der Waals surface area contributed by atoms with Crippen molar-refractivity contribution in [1.29, 1.82) is 0 Å². The monoisotopic (exact) mass is 394 g/mol. The van der Waals surface area contributed by atoms with Crippen LogP contribution in [0.2, 0.25) is 0 Å². The minimum atomic E-state index is -3.77. The van der Waals surface area contributed by atoms with Gasteiger partial charge in [0, 0.05) is 18.5 Å². The van der Waals surface area contributed by atoms with Crippen LogP contribution in [0.3, 0.4) is 0 Å². The van der Waals surface area contributed by atoms with Gasteiger partial charge in [-0.15, -0.1) is 0 Å². The van der Waals surface area contributed by atoms with E-state index in [0.29, 0.717) is 13.1 Å². The van der Waals surface area contributed by atoms with E-state index in [1.54, 1.807) is 29.2 Å². The van der Waals surface area contributed by atoms with Gasteiger partial charge >= 0.3 is 5.97 Å². The zero-order valence-electron chi connectivity index (χ0n) is 15.3. The SMILES string of the molecule is O=C(CNS(=O)(=O)/C=C/c1ccccc1)OCC(=O)N1CCCCCCC1. The van der Waals surface area contributed by atoms with E-state index >= 15 is 0 Å². The van der Waals surface area contributed by atoms with Gasteiger partial charge in [0.15, 0.2) is 6.61 Å². The molecule has 0 saturated carbocycles. The molecule has 8 heteroatoms. The summed E-state index contributed by atoms with van der Waals surface area (Å²) >= 11 is 0. The number of ether oxygens (including phenoxy) is 1. The largest absolute Gasteiger partial charge is 0.455 e. The minimum absolute atomic E-state index is 0.239. The van der Waals surface area contributed by atoms with E-state index in [1.807, 2.05) is 6.07 Å². The second-order valence-electron chi connectivity index (χ2n) is 6.39. The first-order valence-corrected chi connectivity index (χ1v) is 10.7. The Balaban J connectivity index is 1.73. The summed E-state index contributed by atoms with van der Waals surface area (Å²) in [5.74, 6) is -1.02. The van der Waals surface area contributed by atoms with Gasteiger partial charge in [-0.1, -0.05) is 49.6 Å². The number of likely N-dealkylation sites (tertiary alicyclic amines) is 1. The number of hydrogen-bond donors (Lipinski definition) is 1. The Morgan fingerprint density at radius 3 is 2.33 bits per heavy atom. The molecule has 1 aromatic carbocycles. The van der Waals surface area contributed by atoms with Crippen molar-refractivity contribution in [3.63, 3.8) is 0 Å². The number of benzene rings is 1. The average molecular weight is 394 g/mol. The van der Waals surface area contributed by atoms with Crippen molar-refractivity contribution in [3.05, 3.63) is 41.3 Å². The zero-order valence-corrected chi connectivity index (χ0v) is 16.1. The first-order chi connectivity index (χ1) is 13.0. The van der Waals surface area contributed by atoms with Crippen LogP contribution in [0.5, 0.6) is 0 Å². The lowest BCUT2D eigenvalue weighted by Gasteiger charge is -2.24. The van der Waals surface area contributed by atoms with Crippen LogP contribution < -0.4 is 4.72 Å². The van der Waals surface area contributed by atoms with Crippen LogP contribution in [0.1, 0.15) is 37.7 Å². The number of rotatable bonds is 7. The normalized spacial score (nSPS) is 15.9. The van der Waals surface area contributed by atoms with Crippen molar-refractivity contribution in [3.8, 4) is 0 Å². The molecule has 1 aromatic rings. The van der Waals surface area contributed by atoms with Gasteiger partial charge in [0.05, 0.1) is 0 Å². The molecule has 27 heavy (non-hydrogen) atoms. The molecular weight excluding hydrogens is 368 g/mol. The van der Waals surface area contributed by atoms with Crippen molar-refractivity contribution >= 4 is 28.0 Å². The molecule has 0 aromatic heterocycles. The van der Waals surface area contributed by atoms with Crippen LogP contribution >= 0.6 is 0 Å². The Morgan fingerprint density at radius 1 is 1.04 bits per heavy atom. The molecule has 148 valence electrons. The number of esters is 1. The lowest BCUT2D eigenvalue weighted by Crippen LogP contribution is -2.38. The predicted molar refractivity (Wildman–Crippen MR) is 103 cm³/mol. The highest BCUT2D eigenvalue weighted by molar-refractivity contribution is 7.92. The Kier molecular flexibility index (Phi) is 8.47. The van der Waals surface area contributed by atoms with Gasteiger partial charge < -0.3 is 9.64 Å². The Labute approximate surface area is 160 Å². The Bertz CT molecular complexity index is 739. The fraction of sp³-hybridized carbons (Fsp3) is 0.474. The van der Waals surface area contributed by atoms with Crippen molar-refractivity contribution in [2.75, 3.05) is 26.2 Å². The summed E-state index contributed by atoms with van der Waals surface area (Å²) < 4.78 is 30.8. The van der Waals surface area contributed by atoms with E-state index in [4.69, 9.17) is 4.74 Å². The molecule has 0 bridgehead atoms. The number of sulfonamides is 1. The molecule has 1 aliphatic heterocycles. The summed E-state index contributed by atoms with van der Waals surface area (Å²) in [6, 6.07) is 8.93. The fourth-order valence-corrected chi connectivity index (χ4v) is 3.47. The smallest absolute Gasteiger partial charge is 0.321 e. The van der Waals surface area contributed by atoms with Gasteiger partial charge in [0.1, 0.15) is 6.54 Å². The van der Waals surface area contributed by atoms with E-state index in [-0.39, 0.29) is 12.5 Å². The molecule has 0 atom stereocenters. The summed E-state index contributed by atoms with van der Waals surface area (Å²) in [6.07, 6.45) is 6.72. The van der Waals surface area contributed by atoms with Crippen LogP contribution in [0, 0.1) is 0 Å². The number of nitrogens with zero attached hydrogens (tertiary/aromatic N) is 1. The summed E-state index contributed by atoms with van der Waals surface area (Å²) in [5.41, 5.74) is 0.726. The first kappa shape index (κ1) is 21.1. The molecule has 0 radical (unpaired) electrons. The third-order valence-electron chi connectivity index (χ3n) is 4.22.